The highest BCUT2D eigenvalue weighted by Crippen LogP contribution is 2.22. The van der Waals surface area contributed by atoms with Crippen LogP contribution in [0.3, 0.4) is 0 Å². The van der Waals surface area contributed by atoms with Crippen LogP contribution in [-0.2, 0) is 11.3 Å². The summed E-state index contributed by atoms with van der Waals surface area (Å²) >= 11 is 0. The van der Waals surface area contributed by atoms with Gasteiger partial charge in [-0.3, -0.25) is 9.59 Å². The second-order valence-corrected chi connectivity index (χ2v) is 6.19. The standard InChI is InChI=1S/C22H17N3O2/c26-21(23-19-8-2-1-3-9-19)15-25-22(27)13-12-20(24-25)18-11-10-16-6-4-5-7-17(16)14-18/h1-14H,15H2,(H,23,26). The summed E-state index contributed by atoms with van der Waals surface area (Å²) < 4.78 is 1.18. The molecule has 0 saturated carbocycles. The molecule has 1 heterocycles. The van der Waals surface area contributed by atoms with Gasteiger partial charge in [-0.05, 0) is 35.0 Å². The predicted molar refractivity (Wildman–Crippen MR) is 107 cm³/mol. The third-order valence-electron chi connectivity index (χ3n) is 4.26. The van der Waals surface area contributed by atoms with Gasteiger partial charge in [0.15, 0.2) is 0 Å². The summed E-state index contributed by atoms with van der Waals surface area (Å²) in [7, 11) is 0. The zero-order valence-electron chi connectivity index (χ0n) is 14.5. The van der Waals surface area contributed by atoms with Crippen LogP contribution in [0.2, 0.25) is 0 Å². The molecule has 132 valence electrons. The van der Waals surface area contributed by atoms with Crippen molar-refractivity contribution in [2.75, 3.05) is 5.32 Å². The number of fused-ring (bicyclic) bond motifs is 1. The summed E-state index contributed by atoms with van der Waals surface area (Å²) in [5.74, 6) is -0.300. The van der Waals surface area contributed by atoms with E-state index in [1.807, 2.05) is 60.7 Å². The van der Waals surface area contributed by atoms with Crippen LogP contribution < -0.4 is 10.9 Å². The van der Waals surface area contributed by atoms with Crippen molar-refractivity contribution in [1.82, 2.24) is 9.78 Å². The van der Waals surface area contributed by atoms with E-state index in [0.29, 0.717) is 11.4 Å². The lowest BCUT2D eigenvalue weighted by atomic mass is 10.1. The summed E-state index contributed by atoms with van der Waals surface area (Å²) in [6.07, 6.45) is 0. The zero-order valence-corrected chi connectivity index (χ0v) is 14.5. The summed E-state index contributed by atoms with van der Waals surface area (Å²) in [6.45, 7) is -0.144. The molecule has 1 N–H and O–H groups in total. The Kier molecular flexibility index (Phi) is 4.49. The molecule has 0 bridgehead atoms. The molecule has 0 atom stereocenters. The number of amides is 1. The Morgan fingerprint density at radius 3 is 2.41 bits per heavy atom. The first-order chi connectivity index (χ1) is 13.2. The van der Waals surface area contributed by atoms with Gasteiger partial charge in [0.1, 0.15) is 6.54 Å². The van der Waals surface area contributed by atoms with Crippen molar-refractivity contribution in [3.05, 3.63) is 95.3 Å². The molecule has 1 amide bonds. The summed E-state index contributed by atoms with van der Waals surface area (Å²) in [5, 5.41) is 9.37. The molecule has 0 spiro atoms. The number of aromatic nitrogens is 2. The van der Waals surface area contributed by atoms with Gasteiger partial charge in [-0.2, -0.15) is 5.10 Å². The fourth-order valence-electron chi connectivity index (χ4n) is 2.92. The van der Waals surface area contributed by atoms with Gasteiger partial charge in [0.05, 0.1) is 5.69 Å². The van der Waals surface area contributed by atoms with Crippen LogP contribution in [-0.4, -0.2) is 15.7 Å². The number of hydrogen-bond acceptors (Lipinski definition) is 3. The fraction of sp³-hybridized carbons (Fsp3) is 0.0455. The van der Waals surface area contributed by atoms with Gasteiger partial charge in [-0.25, -0.2) is 4.68 Å². The molecular formula is C22H17N3O2. The molecule has 0 aliphatic heterocycles. The van der Waals surface area contributed by atoms with Crippen molar-refractivity contribution in [3.8, 4) is 11.3 Å². The Morgan fingerprint density at radius 1 is 0.852 bits per heavy atom. The molecule has 0 fully saturated rings. The molecule has 0 radical (unpaired) electrons. The zero-order chi connectivity index (χ0) is 18.6. The molecule has 3 aromatic carbocycles. The lowest BCUT2D eigenvalue weighted by Gasteiger charge is -2.09. The maximum absolute atomic E-state index is 12.2. The second-order valence-electron chi connectivity index (χ2n) is 6.19. The molecular weight excluding hydrogens is 338 g/mol. The molecule has 27 heavy (non-hydrogen) atoms. The van der Waals surface area contributed by atoms with E-state index in [9.17, 15) is 9.59 Å². The molecule has 4 aromatic rings. The number of nitrogens with one attached hydrogen (secondary N) is 1. The van der Waals surface area contributed by atoms with E-state index in [2.05, 4.69) is 10.4 Å². The normalized spacial score (nSPS) is 10.7. The summed E-state index contributed by atoms with van der Waals surface area (Å²) in [4.78, 5) is 24.4. The van der Waals surface area contributed by atoms with E-state index in [1.54, 1.807) is 18.2 Å². The van der Waals surface area contributed by atoms with Gasteiger partial charge >= 0.3 is 0 Å². The average Bonchev–Trinajstić information content (AvgIpc) is 2.70. The summed E-state index contributed by atoms with van der Waals surface area (Å²) in [5.41, 5.74) is 1.91. The number of nitrogens with zero attached hydrogens (tertiary/aromatic N) is 2. The molecule has 0 saturated heterocycles. The van der Waals surface area contributed by atoms with Crippen LogP contribution in [0.25, 0.3) is 22.0 Å². The minimum Gasteiger partial charge on any atom is -0.324 e. The van der Waals surface area contributed by atoms with Gasteiger partial charge in [0, 0.05) is 17.3 Å². The van der Waals surface area contributed by atoms with Crippen molar-refractivity contribution >= 4 is 22.4 Å². The molecule has 5 heteroatoms. The Labute approximate surface area is 155 Å². The maximum atomic E-state index is 12.2. The van der Waals surface area contributed by atoms with E-state index >= 15 is 0 Å². The smallest absolute Gasteiger partial charge is 0.267 e. The highest BCUT2D eigenvalue weighted by atomic mass is 16.2. The number of carbonyl (C=O) groups is 1. The summed E-state index contributed by atoms with van der Waals surface area (Å²) in [6, 6.07) is 26.3. The van der Waals surface area contributed by atoms with E-state index in [1.165, 1.54) is 10.7 Å². The van der Waals surface area contributed by atoms with Crippen LogP contribution in [0.4, 0.5) is 5.69 Å². The monoisotopic (exact) mass is 355 g/mol. The van der Waals surface area contributed by atoms with Gasteiger partial charge in [0.25, 0.3) is 5.56 Å². The molecule has 4 rings (SSSR count). The number of benzene rings is 3. The van der Waals surface area contributed by atoms with Crippen LogP contribution in [0.5, 0.6) is 0 Å². The molecule has 5 nitrogen and oxygen atoms in total. The van der Waals surface area contributed by atoms with Crippen molar-refractivity contribution in [2.24, 2.45) is 0 Å². The van der Waals surface area contributed by atoms with Crippen LogP contribution in [0.1, 0.15) is 0 Å². The highest BCUT2D eigenvalue weighted by Gasteiger charge is 2.09. The van der Waals surface area contributed by atoms with Crippen molar-refractivity contribution in [2.45, 2.75) is 6.54 Å². The quantitative estimate of drug-likeness (QED) is 0.607. The average molecular weight is 355 g/mol. The van der Waals surface area contributed by atoms with E-state index < -0.39 is 0 Å². The van der Waals surface area contributed by atoms with Gasteiger partial charge in [0.2, 0.25) is 5.91 Å². The Bertz CT molecular complexity index is 1170. The van der Waals surface area contributed by atoms with Crippen LogP contribution in [0, 0.1) is 0 Å². The third-order valence-corrected chi connectivity index (χ3v) is 4.26. The van der Waals surface area contributed by atoms with Crippen molar-refractivity contribution < 1.29 is 4.79 Å². The maximum Gasteiger partial charge on any atom is 0.267 e. The van der Waals surface area contributed by atoms with Crippen LogP contribution >= 0.6 is 0 Å². The molecule has 0 aliphatic carbocycles. The first-order valence-corrected chi connectivity index (χ1v) is 8.61. The Morgan fingerprint density at radius 2 is 1.59 bits per heavy atom. The number of anilines is 1. The van der Waals surface area contributed by atoms with E-state index in [0.717, 1.165) is 16.3 Å². The second kappa shape index (κ2) is 7.25. The third kappa shape index (κ3) is 3.77. The molecule has 0 unspecified atom stereocenters. The minimum atomic E-state index is -0.317. The van der Waals surface area contributed by atoms with Crippen LogP contribution in [0.15, 0.2) is 89.7 Å². The SMILES string of the molecule is O=C(Cn1nc(-c2ccc3ccccc3c2)ccc1=O)Nc1ccccc1. The molecule has 1 aromatic heterocycles. The first-order valence-electron chi connectivity index (χ1n) is 8.61. The lowest BCUT2D eigenvalue weighted by Crippen LogP contribution is -2.29. The topological polar surface area (TPSA) is 64.0 Å². The largest absolute Gasteiger partial charge is 0.324 e. The number of rotatable bonds is 4. The lowest BCUT2D eigenvalue weighted by molar-refractivity contribution is -0.117. The molecule has 0 aliphatic rings. The highest BCUT2D eigenvalue weighted by molar-refractivity contribution is 5.90. The van der Waals surface area contributed by atoms with Crippen molar-refractivity contribution in [1.29, 1.82) is 0 Å². The van der Waals surface area contributed by atoms with E-state index in [4.69, 9.17) is 0 Å². The predicted octanol–water partition coefficient (Wildman–Crippen LogP) is 3.70. The first kappa shape index (κ1) is 16.7. The van der Waals surface area contributed by atoms with Gasteiger partial charge in [-0.15, -0.1) is 0 Å². The van der Waals surface area contributed by atoms with Gasteiger partial charge < -0.3 is 5.32 Å². The minimum absolute atomic E-state index is 0.144. The van der Waals surface area contributed by atoms with Crippen molar-refractivity contribution in [3.63, 3.8) is 0 Å². The number of carbonyl (C=O) groups excluding carboxylic acids is 1. The number of hydrogen-bond donors (Lipinski definition) is 1. The number of para-hydroxylation sites is 1. The Balaban J connectivity index is 1.60. The fourth-order valence-corrected chi connectivity index (χ4v) is 2.92. The van der Waals surface area contributed by atoms with E-state index in [-0.39, 0.29) is 18.0 Å². The van der Waals surface area contributed by atoms with Gasteiger partial charge in [-0.1, -0.05) is 54.6 Å². The Hall–Kier alpha value is -3.73.